The molecule has 62 heavy (non-hydrogen) atoms. The number of ether oxygens (including phenoxy) is 3. The summed E-state index contributed by atoms with van der Waals surface area (Å²) in [6.07, 6.45) is 4.43. The largest absolute Gasteiger partial charge is 0.540 e. The number of hydrogen-bond donors (Lipinski definition) is 5. The average molecular weight is 878 g/mol. The number of alkyl carbamates (subject to hydrolysis) is 1. The molecule has 0 aromatic heterocycles. The Balaban J connectivity index is 1.30. The summed E-state index contributed by atoms with van der Waals surface area (Å²) in [6.45, 7) is 21.9. The molecule has 1 spiro atoms. The molecule has 1 saturated heterocycles. The third kappa shape index (κ3) is 11.7. The van der Waals surface area contributed by atoms with Crippen molar-refractivity contribution in [3.8, 4) is 11.5 Å². The second-order valence-electron chi connectivity index (χ2n) is 18.4. The quantitative estimate of drug-likeness (QED) is 0.0645. The average Bonchev–Trinajstić information content (AvgIpc) is 4.15. The van der Waals surface area contributed by atoms with E-state index in [1.807, 2.05) is 0 Å². The van der Waals surface area contributed by atoms with Crippen molar-refractivity contribution in [2.24, 2.45) is 11.3 Å². The van der Waals surface area contributed by atoms with Gasteiger partial charge in [0, 0.05) is 18.3 Å². The van der Waals surface area contributed by atoms with Gasteiger partial charge in [0.25, 0.3) is 14.2 Å². The topological polar surface area (TPSA) is 194 Å². The minimum absolute atomic E-state index is 0.0102. The molecule has 2 aromatic carbocycles. The highest BCUT2D eigenvalue weighted by atomic mass is 28.4. The Labute approximate surface area is 367 Å². The van der Waals surface area contributed by atoms with Crippen molar-refractivity contribution in [2.45, 2.75) is 142 Å². The van der Waals surface area contributed by atoms with Gasteiger partial charge in [0.05, 0.1) is 30.0 Å². The van der Waals surface area contributed by atoms with Gasteiger partial charge in [0.1, 0.15) is 31.0 Å². The number of aliphatic hydroxyl groups is 1. The van der Waals surface area contributed by atoms with Gasteiger partial charge < -0.3 is 44.6 Å². The molecule has 0 bridgehead atoms. The minimum atomic E-state index is -2.51. The first kappa shape index (κ1) is 47.9. The van der Waals surface area contributed by atoms with Crippen LogP contribution in [0.5, 0.6) is 11.5 Å². The van der Waals surface area contributed by atoms with Crippen molar-refractivity contribution in [3.63, 3.8) is 0 Å². The minimum Gasteiger partial charge on any atom is -0.540 e. The summed E-state index contributed by atoms with van der Waals surface area (Å²) in [5, 5.41) is 21.1. The highest BCUT2D eigenvalue weighted by Gasteiger charge is 2.53. The van der Waals surface area contributed by atoms with Gasteiger partial charge in [0.15, 0.2) is 5.75 Å². The molecule has 2 aliphatic carbocycles. The van der Waals surface area contributed by atoms with Crippen LogP contribution in [0.4, 0.5) is 21.0 Å². The first-order chi connectivity index (χ1) is 29.3. The predicted octanol–water partition coefficient (Wildman–Crippen LogP) is 7.90. The molecule has 2 aromatic rings. The molecule has 0 radical (unpaired) electrons. The molecule has 5 amide bonds. The summed E-state index contributed by atoms with van der Waals surface area (Å²) < 4.78 is 24.2. The smallest absolute Gasteiger partial charge is 0.411 e. The highest BCUT2D eigenvalue weighted by Crippen LogP contribution is 2.55. The predicted molar refractivity (Wildman–Crippen MR) is 240 cm³/mol. The molecular formula is C46H67N5O10Si. The van der Waals surface area contributed by atoms with Crippen LogP contribution in [-0.4, -0.2) is 92.2 Å². The number of carbonyl (C=O) groups is 5. The Bertz CT molecular complexity index is 1920. The van der Waals surface area contributed by atoms with Crippen LogP contribution in [0.15, 0.2) is 49.1 Å². The molecule has 3 fully saturated rings. The number of carbonyl (C=O) groups excluding carboxylic acids is 5. The molecule has 0 unspecified atom stereocenters. The van der Waals surface area contributed by atoms with Gasteiger partial charge in [-0.3, -0.25) is 19.7 Å². The van der Waals surface area contributed by atoms with Crippen LogP contribution in [0.1, 0.15) is 110 Å². The van der Waals surface area contributed by atoms with Gasteiger partial charge in [-0.25, -0.2) is 9.59 Å². The molecule has 1 aliphatic heterocycles. The molecule has 3 aliphatic rings. The number of aliphatic hydroxyl groups excluding tert-OH is 1. The van der Waals surface area contributed by atoms with Gasteiger partial charge in [0.2, 0.25) is 11.8 Å². The van der Waals surface area contributed by atoms with Crippen molar-refractivity contribution < 1.29 is 47.7 Å². The lowest BCUT2D eigenvalue weighted by molar-refractivity contribution is -0.128. The molecule has 3 atom stereocenters. The number of nitrogens with zero attached hydrogens (tertiary/aromatic N) is 1. The van der Waals surface area contributed by atoms with Crippen LogP contribution in [0.25, 0.3) is 0 Å². The number of amides is 5. The van der Waals surface area contributed by atoms with Crippen molar-refractivity contribution in [1.82, 2.24) is 15.5 Å². The molecular weight excluding hydrogens is 811 g/mol. The van der Waals surface area contributed by atoms with Crippen LogP contribution < -0.4 is 30.4 Å². The van der Waals surface area contributed by atoms with Crippen LogP contribution >= 0.6 is 0 Å². The molecule has 1 heterocycles. The zero-order valence-corrected chi connectivity index (χ0v) is 38.8. The first-order valence-electron chi connectivity index (χ1n) is 22.0. The van der Waals surface area contributed by atoms with Crippen molar-refractivity contribution >= 4 is 49.6 Å². The number of likely N-dealkylation sites (tertiary alicyclic amines) is 1. The molecule has 5 rings (SSSR count). The van der Waals surface area contributed by atoms with E-state index in [1.165, 1.54) is 13.0 Å². The number of nitrogens with one attached hydrogen (secondary N) is 4. The summed E-state index contributed by atoms with van der Waals surface area (Å²) in [7, 11) is -2.51. The zero-order chi connectivity index (χ0) is 45.5. The molecule has 15 nitrogen and oxygen atoms in total. The highest BCUT2D eigenvalue weighted by molar-refractivity contribution is 6.78. The number of hydrogen-bond acceptors (Lipinski definition) is 10. The number of benzene rings is 2. The Morgan fingerprint density at radius 1 is 0.855 bits per heavy atom. The van der Waals surface area contributed by atoms with Gasteiger partial charge in [-0.15, -0.1) is 0 Å². The summed E-state index contributed by atoms with van der Waals surface area (Å²) >= 11 is 0. The van der Waals surface area contributed by atoms with Gasteiger partial charge in [-0.1, -0.05) is 80.2 Å². The normalized spacial score (nSPS) is 17.7. The van der Waals surface area contributed by atoms with E-state index in [0.717, 1.165) is 32.1 Å². The molecule has 5 N–H and O–H groups in total. The lowest BCUT2D eigenvalue weighted by atomic mass is 10.0. The Morgan fingerprint density at radius 2 is 1.50 bits per heavy atom. The fraction of sp³-hybridized carbons (Fsp3) is 0.587. The second kappa shape index (κ2) is 20.4. The summed E-state index contributed by atoms with van der Waals surface area (Å²) in [5.74, 6) is -0.657. The van der Waals surface area contributed by atoms with Gasteiger partial charge in [-0.05, 0) is 90.7 Å². The molecule has 340 valence electrons. The van der Waals surface area contributed by atoms with E-state index >= 15 is 0 Å². The fourth-order valence-corrected chi connectivity index (χ4v) is 13.9. The van der Waals surface area contributed by atoms with E-state index in [9.17, 15) is 29.1 Å². The number of rotatable bonds is 20. The lowest BCUT2D eigenvalue weighted by Gasteiger charge is -2.42. The van der Waals surface area contributed by atoms with E-state index in [1.54, 1.807) is 55.1 Å². The van der Waals surface area contributed by atoms with E-state index in [-0.39, 0.29) is 77.1 Å². The van der Waals surface area contributed by atoms with Gasteiger partial charge in [-0.2, -0.15) is 0 Å². The Kier molecular flexibility index (Phi) is 15.8. The first-order valence-corrected chi connectivity index (χ1v) is 24.1. The van der Waals surface area contributed by atoms with E-state index in [4.69, 9.17) is 18.6 Å². The second-order valence-corrected chi connectivity index (χ2v) is 23.8. The standard InChI is InChI=1S/C46H67N5O10Si/c1-11-20-58-45(57)50-40(27(2)3)42(54)47-31(10)41(53)48-33-14-12-32(13-15-33)25-59-44(56)49-37-22-39(61-62(28(4)5,29(6)7)30(8)9)38(60-35-16-17-35)21-36(37)43(55)51-26-46(18-19-46)23-34(51)24-52/h11-15,21-22,27-31,34-35,40,52H,1,16-20,23-26H2,2-10H3,(H,47,54)(H,48,53)(H,49,56)(H,50,57)/t31-,34-,40-/m0/s1. The SMILES string of the molecule is C=CCOC(=O)N[C@H](C(=O)N[C@@H](C)C(=O)Nc1ccc(COC(=O)Nc2cc(O[Si](C(C)C)(C(C)C)C(C)C)c(OC3CC3)cc2C(=O)N2CC3(CC3)C[C@H]2CO)cc1)C(C)C. The van der Waals surface area contributed by atoms with Crippen molar-refractivity contribution in [1.29, 1.82) is 0 Å². The maximum Gasteiger partial charge on any atom is 0.411 e. The summed E-state index contributed by atoms with van der Waals surface area (Å²) in [5.41, 5.74) is 2.32. The maximum absolute atomic E-state index is 14.5. The van der Waals surface area contributed by atoms with Crippen LogP contribution in [0, 0.1) is 11.3 Å². The van der Waals surface area contributed by atoms with Crippen LogP contribution in [-0.2, 0) is 25.7 Å². The van der Waals surface area contributed by atoms with Crippen LogP contribution in [0.2, 0.25) is 16.6 Å². The van der Waals surface area contributed by atoms with E-state index in [2.05, 4.69) is 69.4 Å². The van der Waals surface area contributed by atoms with Crippen molar-refractivity contribution in [3.05, 3.63) is 60.2 Å². The van der Waals surface area contributed by atoms with Gasteiger partial charge >= 0.3 is 12.2 Å². The molecule has 16 heteroatoms. The third-order valence-electron chi connectivity index (χ3n) is 12.3. The number of anilines is 2. The third-order valence-corrected chi connectivity index (χ3v) is 18.3. The fourth-order valence-electron chi connectivity index (χ4n) is 8.62. The lowest BCUT2D eigenvalue weighted by Crippen LogP contribution is -2.53. The summed E-state index contributed by atoms with van der Waals surface area (Å²) in [4.78, 5) is 67.8. The van der Waals surface area contributed by atoms with Crippen molar-refractivity contribution in [2.75, 3.05) is 30.4 Å². The Morgan fingerprint density at radius 3 is 2.05 bits per heavy atom. The Hall–Kier alpha value is -5.09. The molecule has 2 saturated carbocycles. The van der Waals surface area contributed by atoms with Crippen LogP contribution in [0.3, 0.4) is 0 Å². The maximum atomic E-state index is 14.5. The van der Waals surface area contributed by atoms with E-state index < -0.39 is 44.4 Å². The summed E-state index contributed by atoms with van der Waals surface area (Å²) in [6, 6.07) is 7.87. The monoisotopic (exact) mass is 877 g/mol. The zero-order valence-electron chi connectivity index (χ0n) is 37.8. The van der Waals surface area contributed by atoms with E-state index in [0.29, 0.717) is 29.3 Å².